The van der Waals surface area contributed by atoms with Crippen molar-refractivity contribution in [1.29, 1.82) is 0 Å². The Morgan fingerprint density at radius 1 is 1.12 bits per heavy atom. The zero-order valence-corrected chi connectivity index (χ0v) is 9.56. The average Bonchev–Trinajstić information content (AvgIpc) is 2.33. The van der Waals surface area contributed by atoms with Crippen LogP contribution >= 0.6 is 0 Å². The molecule has 0 atom stereocenters. The lowest BCUT2D eigenvalue weighted by molar-refractivity contribution is -0.00562. The van der Waals surface area contributed by atoms with Gasteiger partial charge in [-0.05, 0) is 31.2 Å². The third-order valence-corrected chi connectivity index (χ3v) is 3.10. The molecule has 1 aromatic carbocycles. The van der Waals surface area contributed by atoms with Crippen molar-refractivity contribution in [2.24, 2.45) is 5.73 Å². The third-order valence-electron chi connectivity index (χ3n) is 3.10. The Balaban J connectivity index is 1.65. The molecule has 0 bridgehead atoms. The number of hydrogen-bond acceptors (Lipinski definition) is 3. The van der Waals surface area contributed by atoms with Gasteiger partial charge in [0.05, 0.1) is 6.61 Å². The van der Waals surface area contributed by atoms with Crippen molar-refractivity contribution in [1.82, 2.24) is 5.48 Å². The second kappa shape index (κ2) is 5.99. The number of hydrogen-bond donors (Lipinski definition) is 2. The van der Waals surface area contributed by atoms with Gasteiger partial charge in [0.1, 0.15) is 0 Å². The quantitative estimate of drug-likeness (QED) is 0.763. The number of benzene rings is 1. The SMILES string of the molecule is N[C@H]1CC[C@@H](NOCc2ccccc2)CC1. The van der Waals surface area contributed by atoms with Gasteiger partial charge in [-0.3, -0.25) is 4.84 Å². The Morgan fingerprint density at radius 2 is 1.81 bits per heavy atom. The van der Waals surface area contributed by atoms with Crippen LogP contribution in [0.1, 0.15) is 31.2 Å². The van der Waals surface area contributed by atoms with Crippen LogP contribution in [0.15, 0.2) is 30.3 Å². The van der Waals surface area contributed by atoms with Crippen molar-refractivity contribution >= 4 is 0 Å². The predicted octanol–water partition coefficient (Wildman–Crippen LogP) is 1.98. The van der Waals surface area contributed by atoms with Crippen molar-refractivity contribution < 1.29 is 4.84 Å². The average molecular weight is 220 g/mol. The topological polar surface area (TPSA) is 47.3 Å². The van der Waals surface area contributed by atoms with Crippen LogP contribution in [0.2, 0.25) is 0 Å². The first-order valence-corrected chi connectivity index (χ1v) is 6.01. The second-order valence-electron chi connectivity index (χ2n) is 4.50. The van der Waals surface area contributed by atoms with E-state index in [1.165, 1.54) is 5.56 Å². The summed E-state index contributed by atoms with van der Waals surface area (Å²) in [6.45, 7) is 0.628. The largest absolute Gasteiger partial charge is 0.328 e. The zero-order valence-electron chi connectivity index (χ0n) is 9.56. The van der Waals surface area contributed by atoms with E-state index < -0.39 is 0 Å². The summed E-state index contributed by atoms with van der Waals surface area (Å²) >= 11 is 0. The molecule has 3 N–H and O–H groups in total. The van der Waals surface area contributed by atoms with Crippen LogP contribution in [-0.4, -0.2) is 12.1 Å². The van der Waals surface area contributed by atoms with E-state index in [1.807, 2.05) is 18.2 Å². The number of nitrogens with two attached hydrogens (primary N) is 1. The maximum absolute atomic E-state index is 5.85. The van der Waals surface area contributed by atoms with Crippen LogP contribution in [0, 0.1) is 0 Å². The van der Waals surface area contributed by atoms with E-state index >= 15 is 0 Å². The molecule has 88 valence electrons. The lowest BCUT2D eigenvalue weighted by Crippen LogP contribution is -2.37. The van der Waals surface area contributed by atoms with Crippen LogP contribution in [0.5, 0.6) is 0 Å². The fourth-order valence-corrected chi connectivity index (χ4v) is 2.05. The molecule has 0 radical (unpaired) electrons. The normalized spacial score (nSPS) is 25.6. The molecule has 1 aromatic rings. The first-order chi connectivity index (χ1) is 7.84. The van der Waals surface area contributed by atoms with E-state index in [2.05, 4.69) is 17.6 Å². The number of rotatable bonds is 4. The van der Waals surface area contributed by atoms with Crippen molar-refractivity contribution in [2.75, 3.05) is 0 Å². The molecule has 0 aromatic heterocycles. The van der Waals surface area contributed by atoms with E-state index in [0.29, 0.717) is 18.7 Å². The molecule has 0 spiro atoms. The molecule has 0 aliphatic heterocycles. The summed E-state index contributed by atoms with van der Waals surface area (Å²) in [4.78, 5) is 5.50. The zero-order chi connectivity index (χ0) is 11.2. The van der Waals surface area contributed by atoms with Gasteiger partial charge >= 0.3 is 0 Å². The Kier molecular flexibility index (Phi) is 4.34. The van der Waals surface area contributed by atoms with Gasteiger partial charge in [0, 0.05) is 12.1 Å². The lowest BCUT2D eigenvalue weighted by Gasteiger charge is -2.26. The highest BCUT2D eigenvalue weighted by molar-refractivity contribution is 5.13. The Bertz CT molecular complexity index is 294. The van der Waals surface area contributed by atoms with E-state index in [-0.39, 0.29) is 0 Å². The maximum Gasteiger partial charge on any atom is 0.0933 e. The molecular formula is C13H20N2O. The molecule has 1 fully saturated rings. The van der Waals surface area contributed by atoms with Crippen molar-refractivity contribution in [3.63, 3.8) is 0 Å². The van der Waals surface area contributed by atoms with E-state index in [9.17, 15) is 0 Å². The van der Waals surface area contributed by atoms with Gasteiger partial charge in [-0.25, -0.2) is 0 Å². The minimum Gasteiger partial charge on any atom is -0.328 e. The molecule has 1 aliphatic rings. The third kappa shape index (κ3) is 3.59. The summed E-state index contributed by atoms with van der Waals surface area (Å²) < 4.78 is 0. The molecule has 0 amide bonds. The van der Waals surface area contributed by atoms with Crippen LogP contribution in [-0.2, 0) is 11.4 Å². The fraction of sp³-hybridized carbons (Fsp3) is 0.538. The molecule has 1 aliphatic carbocycles. The van der Waals surface area contributed by atoms with Crippen LogP contribution in [0.3, 0.4) is 0 Å². The highest BCUT2D eigenvalue weighted by atomic mass is 16.6. The van der Waals surface area contributed by atoms with Gasteiger partial charge in [-0.15, -0.1) is 0 Å². The summed E-state index contributed by atoms with van der Waals surface area (Å²) in [5.41, 5.74) is 10.2. The van der Waals surface area contributed by atoms with Gasteiger partial charge in [0.2, 0.25) is 0 Å². The van der Waals surface area contributed by atoms with Crippen molar-refractivity contribution in [3.8, 4) is 0 Å². The van der Waals surface area contributed by atoms with E-state index in [4.69, 9.17) is 10.6 Å². The monoisotopic (exact) mass is 220 g/mol. The van der Waals surface area contributed by atoms with Crippen LogP contribution in [0.4, 0.5) is 0 Å². The lowest BCUT2D eigenvalue weighted by atomic mass is 9.92. The first kappa shape index (κ1) is 11.6. The Hall–Kier alpha value is -0.900. The summed E-state index contributed by atoms with van der Waals surface area (Å²) in [5, 5.41) is 0. The van der Waals surface area contributed by atoms with Crippen LogP contribution < -0.4 is 11.2 Å². The summed E-state index contributed by atoms with van der Waals surface area (Å²) in [6.07, 6.45) is 4.45. The summed E-state index contributed by atoms with van der Waals surface area (Å²) in [6, 6.07) is 11.1. The van der Waals surface area contributed by atoms with Gasteiger partial charge in [-0.2, -0.15) is 5.48 Å². The molecule has 0 saturated heterocycles. The minimum atomic E-state index is 0.396. The maximum atomic E-state index is 5.85. The molecule has 1 saturated carbocycles. The van der Waals surface area contributed by atoms with E-state index in [1.54, 1.807) is 0 Å². The first-order valence-electron chi connectivity index (χ1n) is 6.01. The number of hydroxylamine groups is 1. The smallest absolute Gasteiger partial charge is 0.0933 e. The molecule has 2 rings (SSSR count). The Morgan fingerprint density at radius 3 is 2.50 bits per heavy atom. The molecule has 0 heterocycles. The standard InChI is InChI=1S/C13H20N2O/c14-12-6-8-13(9-7-12)15-16-10-11-4-2-1-3-5-11/h1-5,12-13,15H,6-10,14H2/t12-,13+. The van der Waals surface area contributed by atoms with Crippen molar-refractivity contribution in [2.45, 2.75) is 44.4 Å². The Labute approximate surface area is 96.9 Å². The number of nitrogens with one attached hydrogen (secondary N) is 1. The highest BCUT2D eigenvalue weighted by Gasteiger charge is 2.17. The van der Waals surface area contributed by atoms with Crippen LogP contribution in [0.25, 0.3) is 0 Å². The molecule has 16 heavy (non-hydrogen) atoms. The second-order valence-corrected chi connectivity index (χ2v) is 4.50. The highest BCUT2D eigenvalue weighted by Crippen LogP contribution is 2.16. The predicted molar refractivity (Wildman–Crippen MR) is 64.6 cm³/mol. The van der Waals surface area contributed by atoms with Gasteiger partial charge in [-0.1, -0.05) is 30.3 Å². The molecule has 3 heteroatoms. The molecular weight excluding hydrogens is 200 g/mol. The fourth-order valence-electron chi connectivity index (χ4n) is 2.05. The summed E-state index contributed by atoms with van der Waals surface area (Å²) in [5.74, 6) is 0. The van der Waals surface area contributed by atoms with Gasteiger partial charge in [0.15, 0.2) is 0 Å². The van der Waals surface area contributed by atoms with Gasteiger partial charge < -0.3 is 5.73 Å². The summed E-state index contributed by atoms with van der Waals surface area (Å²) in [7, 11) is 0. The van der Waals surface area contributed by atoms with Gasteiger partial charge in [0.25, 0.3) is 0 Å². The van der Waals surface area contributed by atoms with E-state index in [0.717, 1.165) is 25.7 Å². The van der Waals surface area contributed by atoms with Crippen molar-refractivity contribution in [3.05, 3.63) is 35.9 Å². The molecule has 0 unspecified atom stereocenters. The minimum absolute atomic E-state index is 0.396. The molecule has 3 nitrogen and oxygen atoms in total.